The highest BCUT2D eigenvalue weighted by Crippen LogP contribution is 2.13. The second-order valence-electron chi connectivity index (χ2n) is 4.60. The normalized spacial score (nSPS) is 13.6. The van der Waals surface area contributed by atoms with E-state index >= 15 is 0 Å². The molecule has 1 aromatic rings. The Balaban J connectivity index is 2.47. The number of aromatic nitrogens is 1. The van der Waals surface area contributed by atoms with Gasteiger partial charge in [0, 0.05) is 11.1 Å². The fourth-order valence-corrected chi connectivity index (χ4v) is 2.43. The van der Waals surface area contributed by atoms with Crippen molar-refractivity contribution in [3.05, 3.63) is 16.1 Å². The zero-order chi connectivity index (χ0) is 15.1. The van der Waals surface area contributed by atoms with Gasteiger partial charge in [-0.25, -0.2) is 14.6 Å². The lowest BCUT2D eigenvalue weighted by molar-refractivity contribution is -0.140. The van der Waals surface area contributed by atoms with Gasteiger partial charge in [0.05, 0.1) is 6.54 Å². The number of rotatable bonds is 7. The first kappa shape index (κ1) is 16.4. The second-order valence-corrected chi connectivity index (χ2v) is 5.80. The highest BCUT2D eigenvalue weighted by atomic mass is 32.1. The number of aliphatic carboxylic acids is 1. The minimum Gasteiger partial charge on any atom is -0.480 e. The van der Waals surface area contributed by atoms with Crippen LogP contribution in [0.1, 0.15) is 37.1 Å². The van der Waals surface area contributed by atoms with Gasteiger partial charge in [-0.3, -0.25) is 0 Å². The van der Waals surface area contributed by atoms with Crippen molar-refractivity contribution in [2.75, 3.05) is 0 Å². The van der Waals surface area contributed by atoms with Crippen LogP contribution in [0.15, 0.2) is 6.20 Å². The maximum absolute atomic E-state index is 11.7. The molecule has 0 aliphatic heterocycles. The third-order valence-electron chi connectivity index (χ3n) is 3.12. The highest BCUT2D eigenvalue weighted by molar-refractivity contribution is 7.11. The number of amides is 2. The molecule has 0 aromatic carbocycles. The van der Waals surface area contributed by atoms with Gasteiger partial charge in [0.25, 0.3) is 0 Å². The molecule has 1 aromatic heterocycles. The molecule has 1 unspecified atom stereocenters. The Morgan fingerprint density at radius 2 is 2.15 bits per heavy atom. The molecule has 1 rings (SSSR count). The Morgan fingerprint density at radius 3 is 2.65 bits per heavy atom. The summed E-state index contributed by atoms with van der Waals surface area (Å²) in [4.78, 5) is 28.2. The van der Waals surface area contributed by atoms with Crippen LogP contribution in [0.5, 0.6) is 0 Å². The summed E-state index contributed by atoms with van der Waals surface area (Å²) < 4.78 is 0. The van der Waals surface area contributed by atoms with Gasteiger partial charge in [0.2, 0.25) is 0 Å². The first-order valence-electron chi connectivity index (χ1n) is 6.68. The van der Waals surface area contributed by atoms with E-state index in [0.717, 1.165) is 16.3 Å². The van der Waals surface area contributed by atoms with Crippen molar-refractivity contribution in [2.24, 2.45) is 5.92 Å². The van der Waals surface area contributed by atoms with Crippen LogP contribution in [0.4, 0.5) is 4.79 Å². The molecule has 112 valence electrons. The van der Waals surface area contributed by atoms with Gasteiger partial charge < -0.3 is 15.7 Å². The minimum absolute atomic E-state index is 0.121. The van der Waals surface area contributed by atoms with E-state index in [1.807, 2.05) is 13.8 Å². The van der Waals surface area contributed by atoms with Gasteiger partial charge in [0.1, 0.15) is 11.0 Å². The Hall–Kier alpha value is -1.63. The van der Waals surface area contributed by atoms with E-state index in [1.165, 1.54) is 0 Å². The Kier molecular flexibility index (Phi) is 6.44. The molecule has 0 aliphatic carbocycles. The molecule has 20 heavy (non-hydrogen) atoms. The molecular weight excluding hydrogens is 278 g/mol. The van der Waals surface area contributed by atoms with Gasteiger partial charge >= 0.3 is 12.0 Å². The molecule has 7 heteroatoms. The van der Waals surface area contributed by atoms with Gasteiger partial charge in [-0.15, -0.1) is 11.3 Å². The summed E-state index contributed by atoms with van der Waals surface area (Å²) in [7, 11) is 0. The van der Waals surface area contributed by atoms with Crippen LogP contribution in [-0.4, -0.2) is 28.1 Å². The average molecular weight is 299 g/mol. The fourth-order valence-electron chi connectivity index (χ4n) is 1.62. The summed E-state index contributed by atoms with van der Waals surface area (Å²) >= 11 is 1.54. The summed E-state index contributed by atoms with van der Waals surface area (Å²) in [5, 5.41) is 15.0. The highest BCUT2D eigenvalue weighted by Gasteiger charge is 2.25. The van der Waals surface area contributed by atoms with Crippen LogP contribution in [0, 0.1) is 5.92 Å². The van der Waals surface area contributed by atoms with E-state index in [0.29, 0.717) is 13.0 Å². The number of carboxylic acid groups (broad SMARTS) is 1. The minimum atomic E-state index is -1.02. The van der Waals surface area contributed by atoms with Gasteiger partial charge in [-0.1, -0.05) is 27.2 Å². The monoisotopic (exact) mass is 299 g/mol. The van der Waals surface area contributed by atoms with Crippen molar-refractivity contribution in [3.8, 4) is 0 Å². The van der Waals surface area contributed by atoms with Crippen molar-refractivity contribution in [1.82, 2.24) is 15.6 Å². The maximum atomic E-state index is 11.7. The maximum Gasteiger partial charge on any atom is 0.326 e. The van der Waals surface area contributed by atoms with E-state index in [4.69, 9.17) is 5.11 Å². The molecule has 1 heterocycles. The van der Waals surface area contributed by atoms with Crippen LogP contribution in [0.2, 0.25) is 0 Å². The summed E-state index contributed by atoms with van der Waals surface area (Å²) in [5.41, 5.74) is 0. The fraction of sp³-hybridized carbons (Fsp3) is 0.615. The standard InChI is InChI=1S/C13H21N3O3S/c1-4-8(3)11(12(17)18)16-13(19)15-7-10-14-6-9(5-2)20-10/h6,8,11H,4-5,7H2,1-3H3,(H,17,18)(H2,15,16,19)/t8?,11-/m0/s1. The first-order valence-corrected chi connectivity index (χ1v) is 7.50. The number of carboxylic acids is 1. The lowest BCUT2D eigenvalue weighted by atomic mass is 9.99. The van der Waals surface area contributed by atoms with Gasteiger partial charge in [0.15, 0.2) is 0 Å². The van der Waals surface area contributed by atoms with E-state index in [-0.39, 0.29) is 5.92 Å². The van der Waals surface area contributed by atoms with E-state index in [2.05, 4.69) is 15.6 Å². The molecule has 0 saturated carbocycles. The second kappa shape index (κ2) is 7.84. The quantitative estimate of drug-likeness (QED) is 0.718. The molecule has 0 spiro atoms. The first-order chi connectivity index (χ1) is 9.47. The molecular formula is C13H21N3O3S. The molecule has 0 fully saturated rings. The lowest BCUT2D eigenvalue weighted by Crippen LogP contribution is -2.48. The van der Waals surface area contributed by atoms with Crippen LogP contribution in [-0.2, 0) is 17.8 Å². The molecule has 0 radical (unpaired) electrons. The van der Waals surface area contributed by atoms with Crippen molar-refractivity contribution < 1.29 is 14.7 Å². The van der Waals surface area contributed by atoms with Gasteiger partial charge in [-0.05, 0) is 12.3 Å². The summed E-state index contributed by atoms with van der Waals surface area (Å²) in [6, 6.07) is -1.35. The molecule has 3 N–H and O–H groups in total. The van der Waals surface area contributed by atoms with E-state index in [9.17, 15) is 9.59 Å². The van der Waals surface area contributed by atoms with Crippen molar-refractivity contribution in [2.45, 2.75) is 46.2 Å². The number of thiazole rings is 1. The third-order valence-corrected chi connectivity index (χ3v) is 4.26. The zero-order valence-corrected chi connectivity index (χ0v) is 12.8. The number of carbonyl (C=O) groups excluding carboxylic acids is 1. The molecule has 0 bridgehead atoms. The Labute approximate surface area is 122 Å². The molecule has 2 amide bonds. The summed E-state index contributed by atoms with van der Waals surface area (Å²) in [6.45, 7) is 6.04. The number of aryl methyl sites for hydroxylation is 1. The number of nitrogens with one attached hydrogen (secondary N) is 2. The largest absolute Gasteiger partial charge is 0.480 e. The zero-order valence-electron chi connectivity index (χ0n) is 12.0. The van der Waals surface area contributed by atoms with Crippen molar-refractivity contribution in [1.29, 1.82) is 0 Å². The molecule has 0 aliphatic rings. The number of urea groups is 1. The predicted molar refractivity (Wildman–Crippen MR) is 77.7 cm³/mol. The predicted octanol–water partition coefficient (Wildman–Crippen LogP) is 2.00. The lowest BCUT2D eigenvalue weighted by Gasteiger charge is -2.20. The number of carbonyl (C=O) groups is 2. The topological polar surface area (TPSA) is 91.3 Å². The average Bonchev–Trinajstić information content (AvgIpc) is 2.89. The summed E-state index contributed by atoms with van der Waals surface area (Å²) in [6.07, 6.45) is 3.39. The van der Waals surface area contributed by atoms with E-state index in [1.54, 1.807) is 24.5 Å². The van der Waals surface area contributed by atoms with Crippen LogP contribution < -0.4 is 10.6 Å². The third kappa shape index (κ3) is 4.80. The van der Waals surface area contributed by atoms with Gasteiger partial charge in [-0.2, -0.15) is 0 Å². The molecule has 0 saturated heterocycles. The number of hydrogen-bond acceptors (Lipinski definition) is 4. The van der Waals surface area contributed by atoms with Crippen LogP contribution >= 0.6 is 11.3 Å². The Morgan fingerprint density at radius 1 is 1.45 bits per heavy atom. The van der Waals surface area contributed by atoms with E-state index < -0.39 is 18.0 Å². The Bertz CT molecular complexity index is 461. The smallest absolute Gasteiger partial charge is 0.326 e. The molecule has 2 atom stereocenters. The number of nitrogens with zero attached hydrogens (tertiary/aromatic N) is 1. The SMILES string of the molecule is CCc1cnc(CNC(=O)N[C@H](C(=O)O)C(C)CC)s1. The summed E-state index contributed by atoms with van der Waals surface area (Å²) in [5.74, 6) is -1.14. The van der Waals surface area contributed by atoms with Crippen LogP contribution in [0.25, 0.3) is 0 Å². The van der Waals surface area contributed by atoms with Crippen molar-refractivity contribution in [3.63, 3.8) is 0 Å². The molecule has 6 nitrogen and oxygen atoms in total. The number of hydrogen-bond donors (Lipinski definition) is 3. The van der Waals surface area contributed by atoms with Crippen LogP contribution in [0.3, 0.4) is 0 Å². The van der Waals surface area contributed by atoms with Crippen molar-refractivity contribution >= 4 is 23.3 Å².